The van der Waals surface area contributed by atoms with E-state index in [1.807, 2.05) is 12.1 Å². The highest BCUT2D eigenvalue weighted by Crippen LogP contribution is 2.23. The number of amides is 2. The van der Waals surface area contributed by atoms with Crippen LogP contribution in [0.3, 0.4) is 0 Å². The Hall–Kier alpha value is -2.37. The van der Waals surface area contributed by atoms with Gasteiger partial charge in [-0.1, -0.05) is 11.3 Å². The average molecular weight is 468 g/mol. The molecule has 0 N–H and O–H groups in total. The molecule has 1 aromatic carbocycles. The monoisotopic (exact) mass is 467 g/mol. The maximum absolute atomic E-state index is 12.5. The van der Waals surface area contributed by atoms with E-state index in [0.717, 1.165) is 10.2 Å². The number of thioether (sulfide) groups is 1. The Kier molecular flexibility index (Phi) is 8.50. The molecule has 11 heteroatoms. The van der Waals surface area contributed by atoms with Crippen LogP contribution in [0.4, 0.5) is 0 Å². The van der Waals surface area contributed by atoms with Gasteiger partial charge in [0.1, 0.15) is 12.3 Å². The quantitative estimate of drug-likeness (QED) is 0.540. The van der Waals surface area contributed by atoms with E-state index < -0.39 is 5.97 Å². The van der Waals surface area contributed by atoms with Crippen LogP contribution in [0.5, 0.6) is 5.75 Å². The summed E-state index contributed by atoms with van der Waals surface area (Å²) in [6.07, 6.45) is 0. The van der Waals surface area contributed by atoms with Crippen LogP contribution in [0.2, 0.25) is 0 Å². The molecule has 2 amide bonds. The summed E-state index contributed by atoms with van der Waals surface area (Å²) in [4.78, 5) is 43.1. The molecule has 1 saturated heterocycles. The van der Waals surface area contributed by atoms with Gasteiger partial charge >= 0.3 is 5.97 Å². The number of benzene rings is 1. The van der Waals surface area contributed by atoms with Gasteiger partial charge in [0, 0.05) is 13.1 Å². The highest BCUT2D eigenvalue weighted by Gasteiger charge is 2.17. The minimum Gasteiger partial charge on any atom is -0.497 e. The molecule has 1 aromatic heterocycles. The molecule has 0 unspecified atom stereocenters. The fourth-order valence-electron chi connectivity index (χ4n) is 3.02. The van der Waals surface area contributed by atoms with Crippen LogP contribution in [0.15, 0.2) is 23.2 Å². The summed E-state index contributed by atoms with van der Waals surface area (Å²) < 4.78 is 18.1. The minimum absolute atomic E-state index is 0.00701. The number of nitrogens with zero attached hydrogens (tertiary/aromatic N) is 3. The van der Waals surface area contributed by atoms with E-state index in [4.69, 9.17) is 14.2 Å². The number of rotatable bonds is 8. The Labute approximate surface area is 188 Å². The molecule has 0 spiro atoms. The van der Waals surface area contributed by atoms with Crippen LogP contribution in [0, 0.1) is 0 Å². The van der Waals surface area contributed by atoms with Crippen LogP contribution in [-0.4, -0.2) is 78.8 Å². The van der Waals surface area contributed by atoms with E-state index in [9.17, 15) is 14.4 Å². The molecule has 0 atom stereocenters. The average Bonchev–Trinajstić information content (AvgIpc) is 3.10. The predicted octanol–water partition coefficient (Wildman–Crippen LogP) is 1.29. The molecule has 2 aromatic rings. The molecule has 31 heavy (non-hydrogen) atoms. The number of hydrogen-bond acceptors (Lipinski definition) is 8. The molecule has 3 rings (SSSR count). The third-order valence-electron chi connectivity index (χ3n) is 4.52. The number of esters is 1. The first kappa shape index (κ1) is 23.3. The van der Waals surface area contributed by atoms with Crippen molar-refractivity contribution in [3.05, 3.63) is 23.0 Å². The van der Waals surface area contributed by atoms with Crippen LogP contribution in [0.1, 0.15) is 6.92 Å². The van der Waals surface area contributed by atoms with E-state index in [2.05, 4.69) is 4.99 Å². The summed E-state index contributed by atoms with van der Waals surface area (Å²) in [5, 5.41) is 0. The SMILES string of the molecule is CCOC(=O)Cn1c(=NC(=O)CSCC(=O)N2CCOCC2)sc2cc(OC)ccc21. The first-order chi connectivity index (χ1) is 15.0. The van der Waals surface area contributed by atoms with E-state index in [1.165, 1.54) is 23.1 Å². The summed E-state index contributed by atoms with van der Waals surface area (Å²) in [6.45, 7) is 4.21. The Bertz CT molecular complexity index is 1010. The van der Waals surface area contributed by atoms with Gasteiger partial charge in [-0.05, 0) is 25.1 Å². The molecule has 1 aliphatic heterocycles. The molecule has 0 saturated carbocycles. The molecule has 1 fully saturated rings. The number of morpholine rings is 1. The second kappa shape index (κ2) is 11.3. The molecule has 168 valence electrons. The largest absolute Gasteiger partial charge is 0.497 e. The lowest BCUT2D eigenvalue weighted by Gasteiger charge is -2.26. The standard InChI is InChI=1S/C20H25N3O6S2/c1-3-29-19(26)11-23-15-5-4-14(27-2)10-16(15)31-20(23)21-17(24)12-30-13-18(25)22-6-8-28-9-7-22/h4-5,10H,3,6-9,11-13H2,1-2H3. The highest BCUT2D eigenvalue weighted by molar-refractivity contribution is 8.00. The van der Waals surface area contributed by atoms with Gasteiger partial charge in [-0.25, -0.2) is 0 Å². The van der Waals surface area contributed by atoms with Gasteiger partial charge < -0.3 is 23.7 Å². The van der Waals surface area contributed by atoms with Gasteiger partial charge in [-0.3, -0.25) is 14.4 Å². The van der Waals surface area contributed by atoms with Crippen molar-refractivity contribution in [1.82, 2.24) is 9.47 Å². The van der Waals surface area contributed by atoms with Gasteiger partial charge in [0.15, 0.2) is 4.80 Å². The van der Waals surface area contributed by atoms with E-state index in [1.54, 1.807) is 29.6 Å². The molecule has 9 nitrogen and oxygen atoms in total. The number of carbonyl (C=O) groups is 3. The number of fused-ring (bicyclic) bond motifs is 1. The lowest BCUT2D eigenvalue weighted by Crippen LogP contribution is -2.41. The lowest BCUT2D eigenvalue weighted by molar-refractivity contribution is -0.143. The number of thiazole rings is 1. The molecule has 0 bridgehead atoms. The minimum atomic E-state index is -0.405. The molecule has 0 aliphatic carbocycles. The second-order valence-corrected chi connectivity index (χ2v) is 8.60. The number of hydrogen-bond donors (Lipinski definition) is 0. The summed E-state index contributed by atoms with van der Waals surface area (Å²) >= 11 is 2.53. The molecule has 1 aliphatic rings. The van der Waals surface area contributed by atoms with Crippen molar-refractivity contribution in [3.8, 4) is 5.75 Å². The van der Waals surface area contributed by atoms with Crippen molar-refractivity contribution < 1.29 is 28.6 Å². The summed E-state index contributed by atoms with van der Waals surface area (Å²) in [7, 11) is 1.58. The predicted molar refractivity (Wildman–Crippen MR) is 118 cm³/mol. The zero-order valence-corrected chi connectivity index (χ0v) is 19.1. The topological polar surface area (TPSA) is 99.4 Å². The van der Waals surface area contributed by atoms with Gasteiger partial charge in [0.2, 0.25) is 5.91 Å². The Morgan fingerprint density at radius 3 is 2.71 bits per heavy atom. The van der Waals surface area contributed by atoms with Gasteiger partial charge in [0.25, 0.3) is 5.91 Å². The molecular formula is C20H25N3O6S2. The Morgan fingerprint density at radius 2 is 2.00 bits per heavy atom. The van der Waals surface area contributed by atoms with Crippen molar-refractivity contribution in [1.29, 1.82) is 0 Å². The van der Waals surface area contributed by atoms with Crippen molar-refractivity contribution in [2.45, 2.75) is 13.5 Å². The maximum atomic E-state index is 12.5. The van der Waals surface area contributed by atoms with Gasteiger partial charge in [-0.15, -0.1) is 11.8 Å². The Morgan fingerprint density at radius 1 is 1.23 bits per heavy atom. The fourth-order valence-corrected chi connectivity index (χ4v) is 4.80. The van der Waals surface area contributed by atoms with Crippen molar-refractivity contribution in [2.24, 2.45) is 4.99 Å². The smallest absolute Gasteiger partial charge is 0.326 e. The maximum Gasteiger partial charge on any atom is 0.326 e. The number of ether oxygens (including phenoxy) is 3. The highest BCUT2D eigenvalue weighted by atomic mass is 32.2. The number of aromatic nitrogens is 1. The van der Waals surface area contributed by atoms with Crippen LogP contribution in [-0.2, 0) is 30.4 Å². The zero-order valence-electron chi connectivity index (χ0n) is 17.5. The zero-order chi connectivity index (χ0) is 22.2. The summed E-state index contributed by atoms with van der Waals surface area (Å²) in [6, 6.07) is 5.44. The van der Waals surface area contributed by atoms with Crippen LogP contribution < -0.4 is 9.54 Å². The molecule has 0 radical (unpaired) electrons. The van der Waals surface area contributed by atoms with E-state index in [-0.39, 0.29) is 36.5 Å². The van der Waals surface area contributed by atoms with Crippen molar-refractivity contribution in [3.63, 3.8) is 0 Å². The van der Waals surface area contributed by atoms with Crippen molar-refractivity contribution in [2.75, 3.05) is 51.5 Å². The van der Waals surface area contributed by atoms with Gasteiger partial charge in [-0.2, -0.15) is 4.99 Å². The number of methoxy groups -OCH3 is 1. The normalized spacial score (nSPS) is 14.6. The van der Waals surface area contributed by atoms with E-state index in [0.29, 0.717) is 36.9 Å². The summed E-state index contributed by atoms with van der Waals surface area (Å²) in [5.74, 6) is 0.189. The third-order valence-corrected chi connectivity index (χ3v) is 6.46. The lowest BCUT2D eigenvalue weighted by atomic mass is 10.3. The first-order valence-corrected chi connectivity index (χ1v) is 11.8. The Balaban J connectivity index is 1.73. The fraction of sp³-hybridized carbons (Fsp3) is 0.500. The first-order valence-electron chi connectivity index (χ1n) is 9.85. The summed E-state index contributed by atoms with van der Waals surface area (Å²) in [5.41, 5.74) is 0.764. The van der Waals surface area contributed by atoms with E-state index >= 15 is 0 Å². The van der Waals surface area contributed by atoms with Crippen LogP contribution in [0.25, 0.3) is 10.2 Å². The van der Waals surface area contributed by atoms with Crippen molar-refractivity contribution >= 4 is 51.1 Å². The third kappa shape index (κ3) is 6.31. The number of carbonyl (C=O) groups excluding carboxylic acids is 3. The molecular weight excluding hydrogens is 442 g/mol. The second-order valence-electron chi connectivity index (χ2n) is 6.60. The van der Waals surface area contributed by atoms with Gasteiger partial charge in [0.05, 0.1) is 48.7 Å². The van der Waals surface area contributed by atoms with Crippen LogP contribution >= 0.6 is 23.1 Å². The molecule has 2 heterocycles.